The Morgan fingerprint density at radius 1 is 0.333 bits per heavy atom. The van der Waals surface area contributed by atoms with E-state index < -0.39 is 0 Å². The normalized spacial score (nSPS) is 12.2. The highest BCUT2D eigenvalue weighted by Crippen LogP contribution is 2.47. The standard InChI is InChI=1S/C46H26OS/c1-3-14-33-29(11-1)30-12-2-8-19-38(30)46-45(33)39-24-22-27(25-40(39)47-46)43-34-15-4-6-17-36(34)44(37-18-7-5-16-35(37)43)28-21-23-32-31-13-9-10-20-41(31)48-42(32)26-28/h1-26H. The van der Waals surface area contributed by atoms with Crippen LogP contribution in [0, 0.1) is 0 Å². The fraction of sp³-hybridized carbons (Fsp3) is 0. The molecule has 0 radical (unpaired) electrons. The Morgan fingerprint density at radius 3 is 1.44 bits per heavy atom. The van der Waals surface area contributed by atoms with Crippen molar-refractivity contribution in [2.75, 3.05) is 0 Å². The predicted octanol–water partition coefficient (Wildman–Crippen LogP) is 13.9. The molecule has 0 saturated carbocycles. The number of hydrogen-bond acceptors (Lipinski definition) is 2. The van der Waals surface area contributed by atoms with Crippen molar-refractivity contribution in [2.24, 2.45) is 0 Å². The van der Waals surface area contributed by atoms with E-state index in [-0.39, 0.29) is 0 Å². The molecule has 0 fully saturated rings. The van der Waals surface area contributed by atoms with Gasteiger partial charge in [0.05, 0.1) is 0 Å². The number of rotatable bonds is 2. The van der Waals surface area contributed by atoms with Crippen LogP contribution in [-0.4, -0.2) is 0 Å². The van der Waals surface area contributed by atoms with E-state index in [4.69, 9.17) is 4.42 Å². The lowest BCUT2D eigenvalue weighted by atomic mass is 9.85. The van der Waals surface area contributed by atoms with Gasteiger partial charge in [0.1, 0.15) is 11.2 Å². The van der Waals surface area contributed by atoms with Crippen molar-refractivity contribution in [3.05, 3.63) is 158 Å². The summed E-state index contributed by atoms with van der Waals surface area (Å²) in [7, 11) is 0. The molecular weight excluding hydrogens is 601 g/mol. The molecule has 0 aliphatic heterocycles. The first kappa shape index (κ1) is 26.1. The Labute approximate surface area is 279 Å². The highest BCUT2D eigenvalue weighted by Gasteiger charge is 2.20. The molecule has 2 heterocycles. The lowest BCUT2D eigenvalue weighted by molar-refractivity contribution is 0.673. The second kappa shape index (κ2) is 9.78. The molecule has 11 aromatic rings. The van der Waals surface area contributed by atoms with E-state index in [0.29, 0.717) is 0 Å². The van der Waals surface area contributed by atoms with Gasteiger partial charge in [-0.25, -0.2) is 0 Å². The minimum absolute atomic E-state index is 0.913. The van der Waals surface area contributed by atoms with Crippen LogP contribution in [0.4, 0.5) is 0 Å². The minimum Gasteiger partial charge on any atom is -0.455 e. The number of thiophene rings is 1. The van der Waals surface area contributed by atoms with Gasteiger partial charge in [0.2, 0.25) is 0 Å². The summed E-state index contributed by atoms with van der Waals surface area (Å²) in [5.41, 5.74) is 6.81. The first-order chi connectivity index (χ1) is 23.8. The Hall–Kier alpha value is -5.96. The molecular formula is C46H26OS. The predicted molar refractivity (Wildman–Crippen MR) is 208 cm³/mol. The van der Waals surface area contributed by atoms with Crippen LogP contribution in [0.2, 0.25) is 0 Å². The van der Waals surface area contributed by atoms with Gasteiger partial charge in [-0.3, -0.25) is 0 Å². The van der Waals surface area contributed by atoms with Crippen LogP contribution in [0.1, 0.15) is 0 Å². The van der Waals surface area contributed by atoms with E-state index in [2.05, 4.69) is 158 Å². The van der Waals surface area contributed by atoms with Crippen LogP contribution in [0.5, 0.6) is 0 Å². The summed E-state index contributed by atoms with van der Waals surface area (Å²) in [6, 6.07) is 57.7. The zero-order valence-corrected chi connectivity index (χ0v) is 26.6. The number of hydrogen-bond donors (Lipinski definition) is 0. The quantitative estimate of drug-likeness (QED) is 0.137. The Bertz CT molecular complexity index is 3060. The maximum absolute atomic E-state index is 6.82. The average molecular weight is 627 g/mol. The van der Waals surface area contributed by atoms with Gasteiger partial charge >= 0.3 is 0 Å². The van der Waals surface area contributed by atoms with Gasteiger partial charge in [-0.15, -0.1) is 11.3 Å². The Morgan fingerprint density at radius 2 is 0.792 bits per heavy atom. The first-order valence-electron chi connectivity index (χ1n) is 16.4. The summed E-state index contributed by atoms with van der Waals surface area (Å²) >= 11 is 1.87. The summed E-state index contributed by atoms with van der Waals surface area (Å²) in [5, 5.41) is 14.9. The van der Waals surface area contributed by atoms with E-state index in [1.165, 1.54) is 80.0 Å². The minimum atomic E-state index is 0.913. The molecule has 222 valence electrons. The molecule has 0 spiro atoms. The zero-order chi connectivity index (χ0) is 31.3. The lowest BCUT2D eigenvalue weighted by Crippen LogP contribution is -1.90. The molecule has 0 unspecified atom stereocenters. The smallest absolute Gasteiger partial charge is 0.143 e. The number of benzene rings is 9. The molecule has 0 amide bonds. The van der Waals surface area contributed by atoms with E-state index in [9.17, 15) is 0 Å². The van der Waals surface area contributed by atoms with Crippen molar-refractivity contribution >= 4 is 96.5 Å². The Kier molecular flexibility index (Phi) is 5.32. The topological polar surface area (TPSA) is 13.1 Å². The van der Waals surface area contributed by atoms with Crippen molar-refractivity contribution in [1.29, 1.82) is 0 Å². The molecule has 0 saturated heterocycles. The molecule has 0 aliphatic carbocycles. The van der Waals surface area contributed by atoms with Crippen LogP contribution < -0.4 is 0 Å². The highest BCUT2D eigenvalue weighted by atomic mass is 32.1. The molecule has 0 bridgehead atoms. The van der Waals surface area contributed by atoms with Gasteiger partial charge in [-0.1, -0.05) is 133 Å². The first-order valence-corrected chi connectivity index (χ1v) is 17.2. The number of furan rings is 1. The van der Waals surface area contributed by atoms with Gasteiger partial charge in [0.15, 0.2) is 0 Å². The fourth-order valence-electron chi connectivity index (χ4n) is 8.19. The third-order valence-electron chi connectivity index (χ3n) is 10.2. The van der Waals surface area contributed by atoms with Gasteiger partial charge in [0, 0.05) is 36.3 Å². The van der Waals surface area contributed by atoms with Crippen molar-refractivity contribution < 1.29 is 4.42 Å². The molecule has 0 aliphatic rings. The SMILES string of the molecule is c1ccc2c(c1)sc1cc(-c3c4ccccc4c(-c4ccc5c(c4)oc4c6ccccc6c6ccccc6c54)c4ccccc34)ccc12. The molecule has 1 nitrogen and oxygen atoms in total. The molecule has 2 heteroatoms. The zero-order valence-electron chi connectivity index (χ0n) is 25.8. The van der Waals surface area contributed by atoms with Crippen LogP contribution in [0.15, 0.2) is 162 Å². The highest BCUT2D eigenvalue weighted by molar-refractivity contribution is 7.25. The van der Waals surface area contributed by atoms with Gasteiger partial charge in [-0.2, -0.15) is 0 Å². The van der Waals surface area contributed by atoms with Crippen LogP contribution in [0.25, 0.3) is 107 Å². The average Bonchev–Trinajstić information content (AvgIpc) is 3.72. The van der Waals surface area contributed by atoms with Crippen LogP contribution >= 0.6 is 11.3 Å². The van der Waals surface area contributed by atoms with Gasteiger partial charge < -0.3 is 4.42 Å². The molecule has 9 aromatic carbocycles. The van der Waals surface area contributed by atoms with Crippen LogP contribution in [-0.2, 0) is 0 Å². The van der Waals surface area contributed by atoms with Gasteiger partial charge in [0.25, 0.3) is 0 Å². The van der Waals surface area contributed by atoms with E-state index in [1.807, 2.05) is 11.3 Å². The summed E-state index contributed by atoms with van der Waals surface area (Å²) in [6.45, 7) is 0. The lowest BCUT2D eigenvalue weighted by Gasteiger charge is -2.17. The summed E-state index contributed by atoms with van der Waals surface area (Å²) in [5.74, 6) is 0. The maximum Gasteiger partial charge on any atom is 0.143 e. The Balaban J connectivity index is 1.20. The van der Waals surface area contributed by atoms with Crippen molar-refractivity contribution in [3.8, 4) is 22.3 Å². The molecule has 0 N–H and O–H groups in total. The van der Waals surface area contributed by atoms with Crippen LogP contribution in [0.3, 0.4) is 0 Å². The van der Waals surface area contributed by atoms with E-state index in [1.54, 1.807) is 0 Å². The molecule has 48 heavy (non-hydrogen) atoms. The number of fused-ring (bicyclic) bond motifs is 13. The van der Waals surface area contributed by atoms with Crippen molar-refractivity contribution in [1.82, 2.24) is 0 Å². The fourth-order valence-corrected chi connectivity index (χ4v) is 9.34. The molecule has 11 rings (SSSR count). The van der Waals surface area contributed by atoms with E-state index in [0.717, 1.165) is 27.5 Å². The molecule has 0 atom stereocenters. The largest absolute Gasteiger partial charge is 0.455 e. The third-order valence-corrected chi connectivity index (χ3v) is 11.4. The van der Waals surface area contributed by atoms with Crippen molar-refractivity contribution in [2.45, 2.75) is 0 Å². The second-order valence-corrected chi connectivity index (χ2v) is 13.8. The molecule has 2 aromatic heterocycles. The van der Waals surface area contributed by atoms with E-state index >= 15 is 0 Å². The van der Waals surface area contributed by atoms with Crippen molar-refractivity contribution in [3.63, 3.8) is 0 Å². The maximum atomic E-state index is 6.82. The second-order valence-electron chi connectivity index (χ2n) is 12.8. The summed E-state index contributed by atoms with van der Waals surface area (Å²) < 4.78 is 9.47. The summed E-state index contributed by atoms with van der Waals surface area (Å²) in [4.78, 5) is 0. The monoisotopic (exact) mass is 626 g/mol. The third kappa shape index (κ3) is 3.55. The van der Waals surface area contributed by atoms with Gasteiger partial charge in [-0.05, 0) is 84.2 Å². The summed E-state index contributed by atoms with van der Waals surface area (Å²) in [6.07, 6.45) is 0.